The van der Waals surface area contributed by atoms with E-state index in [-0.39, 0.29) is 27.8 Å². The topological polar surface area (TPSA) is 86.2 Å². The molecule has 0 aliphatic rings. The molecule has 0 saturated heterocycles. The molecule has 1 aromatic rings. The fourth-order valence-corrected chi connectivity index (χ4v) is 3.40. The molecule has 35 heavy (non-hydrogen) atoms. The van der Waals surface area contributed by atoms with Crippen LogP contribution >= 0.6 is 12.2 Å². The fraction of sp³-hybridized carbons (Fsp3) is 0.417. The molecule has 3 atom stereocenters. The number of nitrogens with zero attached hydrogens (tertiary/aromatic N) is 1. The molecule has 0 unspecified atom stereocenters. The molecule has 1 N–H and O–H groups in total. The third kappa shape index (κ3) is 8.20. The SMILES string of the molecule is C=N/C(C(=S)N[C@@H](C)C(=O)O[C@@H](C)[C@@H](C)c1ccccc1C(F)(F)F)=C(OC(C)=O)\C(=C/C)OC. The van der Waals surface area contributed by atoms with Crippen molar-refractivity contribution in [3.8, 4) is 0 Å². The second-order valence-corrected chi connectivity index (χ2v) is 7.91. The van der Waals surface area contributed by atoms with E-state index in [1.54, 1.807) is 13.8 Å². The number of nitrogens with one attached hydrogen (secondary N) is 1. The van der Waals surface area contributed by atoms with Crippen molar-refractivity contribution in [3.05, 3.63) is 58.7 Å². The lowest BCUT2D eigenvalue weighted by Crippen LogP contribution is -2.41. The Hall–Kier alpha value is -3.21. The molecule has 0 aliphatic carbocycles. The van der Waals surface area contributed by atoms with Gasteiger partial charge in [-0.2, -0.15) is 13.2 Å². The van der Waals surface area contributed by atoms with Gasteiger partial charge in [0, 0.05) is 12.8 Å². The number of esters is 2. The zero-order valence-electron chi connectivity index (χ0n) is 20.4. The summed E-state index contributed by atoms with van der Waals surface area (Å²) in [5.74, 6) is -2.09. The van der Waals surface area contributed by atoms with Crippen LogP contribution in [0.4, 0.5) is 13.2 Å². The second kappa shape index (κ2) is 13.0. The van der Waals surface area contributed by atoms with Crippen LogP contribution in [-0.2, 0) is 30.0 Å². The number of thiocarbonyl (C=S) groups is 1. The molecule has 7 nitrogen and oxygen atoms in total. The minimum atomic E-state index is -4.54. The largest absolute Gasteiger partial charge is 0.493 e. The van der Waals surface area contributed by atoms with E-state index in [1.165, 1.54) is 52.2 Å². The zero-order chi connectivity index (χ0) is 26.9. The number of methoxy groups -OCH3 is 1. The molecule has 0 spiro atoms. The molecule has 192 valence electrons. The number of hydrogen-bond donors (Lipinski definition) is 1. The fourth-order valence-electron chi connectivity index (χ4n) is 3.06. The predicted octanol–water partition coefficient (Wildman–Crippen LogP) is 5.07. The van der Waals surface area contributed by atoms with Gasteiger partial charge in [-0.1, -0.05) is 37.3 Å². The van der Waals surface area contributed by atoms with Gasteiger partial charge in [0.2, 0.25) is 5.76 Å². The molecule has 0 aromatic heterocycles. The van der Waals surface area contributed by atoms with E-state index in [0.717, 1.165) is 6.07 Å². The number of carbonyl (C=O) groups is 2. The predicted molar refractivity (Wildman–Crippen MR) is 130 cm³/mol. The number of hydrogen-bond acceptors (Lipinski definition) is 7. The highest BCUT2D eigenvalue weighted by atomic mass is 32.1. The van der Waals surface area contributed by atoms with Crippen LogP contribution in [0, 0.1) is 0 Å². The molecule has 11 heteroatoms. The number of carbonyl (C=O) groups excluding carboxylic acids is 2. The normalized spacial score (nSPS) is 15.2. The molecule has 0 radical (unpaired) electrons. The minimum Gasteiger partial charge on any atom is -0.493 e. The van der Waals surface area contributed by atoms with Gasteiger partial charge in [-0.25, -0.2) is 4.79 Å². The first-order valence-corrected chi connectivity index (χ1v) is 11.0. The van der Waals surface area contributed by atoms with E-state index < -0.39 is 41.7 Å². The van der Waals surface area contributed by atoms with Crippen LogP contribution < -0.4 is 5.32 Å². The van der Waals surface area contributed by atoms with Gasteiger partial charge in [0.25, 0.3) is 0 Å². The van der Waals surface area contributed by atoms with Crippen LogP contribution in [0.1, 0.15) is 51.7 Å². The zero-order valence-corrected chi connectivity index (χ0v) is 21.2. The molecule has 0 amide bonds. The Kier molecular flexibility index (Phi) is 11.1. The van der Waals surface area contributed by atoms with Crippen molar-refractivity contribution in [2.24, 2.45) is 4.99 Å². The van der Waals surface area contributed by atoms with Gasteiger partial charge in [-0.15, -0.1) is 0 Å². The monoisotopic (exact) mass is 514 g/mol. The number of benzene rings is 1. The smallest absolute Gasteiger partial charge is 0.416 e. The molecule has 1 aromatic carbocycles. The summed E-state index contributed by atoms with van der Waals surface area (Å²) in [4.78, 5) is 27.9. The van der Waals surface area contributed by atoms with E-state index >= 15 is 0 Å². The third-order valence-electron chi connectivity index (χ3n) is 5.00. The van der Waals surface area contributed by atoms with Crippen LogP contribution in [0.15, 0.2) is 52.5 Å². The molecule has 0 fully saturated rings. The highest BCUT2D eigenvalue weighted by molar-refractivity contribution is 7.80. The van der Waals surface area contributed by atoms with Gasteiger partial charge >= 0.3 is 18.1 Å². The van der Waals surface area contributed by atoms with E-state index in [9.17, 15) is 22.8 Å². The molecule has 1 rings (SSSR count). The Labute approximate surface area is 208 Å². The summed E-state index contributed by atoms with van der Waals surface area (Å²) in [5.41, 5.74) is -0.821. The standard InChI is InChI=1S/C24H29F3N2O5S/c1-8-19(32-7)21(34-16(5)30)20(28-6)22(35)29-14(3)23(31)33-15(4)13(2)17-11-9-10-12-18(17)24(25,26)27/h8-15H,6H2,1-5,7H3,(H,29,35)/b19-8+,21-20+/t13-,14+,15+/m1/s1. The lowest BCUT2D eigenvalue weighted by Gasteiger charge is -2.25. The number of alkyl halides is 3. The van der Waals surface area contributed by atoms with Crippen molar-refractivity contribution < 1.29 is 37.0 Å². The summed E-state index contributed by atoms with van der Waals surface area (Å²) in [6, 6.07) is 4.12. The van der Waals surface area contributed by atoms with Crippen molar-refractivity contribution in [2.75, 3.05) is 7.11 Å². The summed E-state index contributed by atoms with van der Waals surface area (Å²) >= 11 is 5.30. The van der Waals surface area contributed by atoms with Crippen LogP contribution in [0.3, 0.4) is 0 Å². The van der Waals surface area contributed by atoms with E-state index in [1.807, 2.05) is 0 Å². The first-order chi connectivity index (χ1) is 16.3. The second-order valence-electron chi connectivity index (χ2n) is 7.50. The molecule has 0 aliphatic heterocycles. The molecule has 0 heterocycles. The van der Waals surface area contributed by atoms with Crippen LogP contribution in [-0.4, -0.2) is 42.9 Å². The number of halogens is 3. The Bertz CT molecular complexity index is 1020. The molecule has 0 bridgehead atoms. The lowest BCUT2D eigenvalue weighted by atomic mass is 9.91. The van der Waals surface area contributed by atoms with Crippen LogP contribution in [0.25, 0.3) is 0 Å². The average molecular weight is 515 g/mol. The number of ether oxygens (including phenoxy) is 3. The first-order valence-electron chi connectivity index (χ1n) is 10.6. The maximum atomic E-state index is 13.4. The van der Waals surface area contributed by atoms with E-state index in [0.29, 0.717) is 0 Å². The van der Waals surface area contributed by atoms with Crippen molar-refractivity contribution in [1.82, 2.24) is 5.32 Å². The van der Waals surface area contributed by atoms with Gasteiger partial charge in [-0.05, 0) is 45.2 Å². The number of rotatable bonds is 10. The van der Waals surface area contributed by atoms with Crippen molar-refractivity contribution >= 4 is 35.9 Å². The number of aliphatic imine (C=N–C) groups is 1. The van der Waals surface area contributed by atoms with Gasteiger partial charge in [0.1, 0.15) is 22.8 Å². The Morgan fingerprint density at radius 3 is 2.29 bits per heavy atom. The highest BCUT2D eigenvalue weighted by Gasteiger charge is 2.36. The van der Waals surface area contributed by atoms with Gasteiger partial charge in [0.15, 0.2) is 5.76 Å². The Balaban J connectivity index is 3.06. The lowest BCUT2D eigenvalue weighted by molar-refractivity contribution is -0.151. The quantitative estimate of drug-likeness (QED) is 0.116. The summed E-state index contributed by atoms with van der Waals surface area (Å²) in [5, 5.41) is 2.72. The number of allylic oxidation sites excluding steroid dienone is 1. The van der Waals surface area contributed by atoms with Crippen LogP contribution in [0.5, 0.6) is 0 Å². The maximum absolute atomic E-state index is 13.4. The molecular weight excluding hydrogens is 485 g/mol. The summed E-state index contributed by atoms with van der Waals surface area (Å²) in [6.45, 7) is 10.8. The van der Waals surface area contributed by atoms with Crippen molar-refractivity contribution in [2.45, 2.75) is 58.9 Å². The summed E-state index contributed by atoms with van der Waals surface area (Å²) < 4.78 is 55.9. The highest BCUT2D eigenvalue weighted by Crippen LogP contribution is 2.36. The van der Waals surface area contributed by atoms with Gasteiger partial charge in [-0.3, -0.25) is 9.79 Å². The van der Waals surface area contributed by atoms with Crippen molar-refractivity contribution in [1.29, 1.82) is 0 Å². The Morgan fingerprint density at radius 2 is 1.80 bits per heavy atom. The molecule has 0 saturated carbocycles. The van der Waals surface area contributed by atoms with Crippen molar-refractivity contribution in [3.63, 3.8) is 0 Å². The van der Waals surface area contributed by atoms with Gasteiger partial charge in [0.05, 0.1) is 12.7 Å². The Morgan fingerprint density at radius 1 is 1.20 bits per heavy atom. The van der Waals surface area contributed by atoms with E-state index in [2.05, 4.69) is 17.0 Å². The minimum absolute atomic E-state index is 0.0157. The average Bonchev–Trinajstić information content (AvgIpc) is 2.78. The summed E-state index contributed by atoms with van der Waals surface area (Å²) in [6.07, 6.45) is -3.90. The summed E-state index contributed by atoms with van der Waals surface area (Å²) in [7, 11) is 1.36. The van der Waals surface area contributed by atoms with E-state index in [4.69, 9.17) is 26.4 Å². The first kappa shape index (κ1) is 29.8. The maximum Gasteiger partial charge on any atom is 0.416 e. The molecular formula is C24H29F3N2O5S. The van der Waals surface area contributed by atoms with Crippen LogP contribution in [0.2, 0.25) is 0 Å². The third-order valence-corrected chi connectivity index (χ3v) is 5.32. The van der Waals surface area contributed by atoms with Gasteiger partial charge < -0.3 is 19.5 Å².